The molecule has 0 amide bonds. The quantitative estimate of drug-likeness (QED) is 0.582. The SMILES string of the molecule is COC1CCC(C)C1.CS. The summed E-state index contributed by atoms with van der Waals surface area (Å²) in [5, 5.41) is 0. The number of ether oxygens (including phenoxy) is 1. The normalized spacial score (nSPS) is 31.2. The van der Waals surface area contributed by atoms with Crippen LogP contribution in [-0.2, 0) is 4.74 Å². The molecule has 0 heterocycles. The summed E-state index contributed by atoms with van der Waals surface area (Å²) in [4.78, 5) is 0. The van der Waals surface area contributed by atoms with E-state index in [9.17, 15) is 0 Å². The number of thiol groups is 1. The Morgan fingerprint density at radius 3 is 2.10 bits per heavy atom. The van der Waals surface area contributed by atoms with Crippen LogP contribution in [0.1, 0.15) is 26.2 Å². The molecule has 2 unspecified atom stereocenters. The van der Waals surface area contributed by atoms with Gasteiger partial charge in [0.1, 0.15) is 0 Å². The Labute approximate surface area is 69.6 Å². The summed E-state index contributed by atoms with van der Waals surface area (Å²) < 4.78 is 5.18. The number of hydrogen-bond donors (Lipinski definition) is 1. The number of methoxy groups -OCH3 is 1. The van der Waals surface area contributed by atoms with Crippen LogP contribution in [0, 0.1) is 5.92 Å². The van der Waals surface area contributed by atoms with Gasteiger partial charge >= 0.3 is 0 Å². The van der Waals surface area contributed by atoms with E-state index in [1.165, 1.54) is 19.3 Å². The average Bonchev–Trinajstić information content (AvgIpc) is 2.40. The average molecular weight is 162 g/mol. The minimum absolute atomic E-state index is 0.574. The van der Waals surface area contributed by atoms with Crippen molar-refractivity contribution in [2.75, 3.05) is 13.4 Å². The molecule has 1 aliphatic carbocycles. The summed E-state index contributed by atoms with van der Waals surface area (Å²) in [6.07, 6.45) is 6.18. The van der Waals surface area contributed by atoms with Gasteiger partial charge in [0.15, 0.2) is 0 Å². The molecule has 2 atom stereocenters. The van der Waals surface area contributed by atoms with Crippen LogP contribution in [0.5, 0.6) is 0 Å². The number of hydrogen-bond acceptors (Lipinski definition) is 2. The van der Waals surface area contributed by atoms with Gasteiger partial charge in [-0.25, -0.2) is 0 Å². The molecule has 0 radical (unpaired) electrons. The summed E-state index contributed by atoms with van der Waals surface area (Å²) in [6.45, 7) is 2.29. The van der Waals surface area contributed by atoms with Crippen molar-refractivity contribution in [1.82, 2.24) is 0 Å². The molecule has 0 aromatic carbocycles. The smallest absolute Gasteiger partial charge is 0.0574 e. The Morgan fingerprint density at radius 1 is 1.30 bits per heavy atom. The predicted molar refractivity (Wildman–Crippen MR) is 48.7 cm³/mol. The third-order valence-electron chi connectivity index (χ3n) is 1.98. The first-order chi connectivity index (χ1) is 4.83. The molecule has 1 aliphatic rings. The monoisotopic (exact) mass is 162 g/mol. The molecule has 1 saturated carbocycles. The largest absolute Gasteiger partial charge is 0.381 e. The first-order valence-electron chi connectivity index (χ1n) is 3.80. The molecule has 1 nitrogen and oxygen atoms in total. The molecule has 0 aromatic heterocycles. The van der Waals surface area contributed by atoms with E-state index < -0.39 is 0 Å². The maximum Gasteiger partial charge on any atom is 0.0574 e. The second kappa shape index (κ2) is 6.05. The highest BCUT2D eigenvalue weighted by molar-refractivity contribution is 7.79. The second-order valence-electron chi connectivity index (χ2n) is 2.78. The van der Waals surface area contributed by atoms with Crippen LogP contribution in [0.3, 0.4) is 0 Å². The van der Waals surface area contributed by atoms with E-state index in [0.29, 0.717) is 6.10 Å². The summed E-state index contributed by atoms with van der Waals surface area (Å²) in [7, 11) is 1.81. The highest BCUT2D eigenvalue weighted by atomic mass is 32.1. The fraction of sp³-hybridized carbons (Fsp3) is 1.00. The molecule has 1 fully saturated rings. The van der Waals surface area contributed by atoms with E-state index >= 15 is 0 Å². The molecule has 1 rings (SSSR count). The molecule has 0 saturated heterocycles. The first kappa shape index (κ1) is 10.3. The summed E-state index contributed by atoms with van der Waals surface area (Å²) >= 11 is 3.53. The summed E-state index contributed by atoms with van der Waals surface area (Å²) in [6, 6.07) is 0. The lowest BCUT2D eigenvalue weighted by atomic mass is 10.1. The number of rotatable bonds is 1. The van der Waals surface area contributed by atoms with Crippen molar-refractivity contribution in [1.29, 1.82) is 0 Å². The lowest BCUT2D eigenvalue weighted by Crippen LogP contribution is -2.03. The lowest BCUT2D eigenvalue weighted by Gasteiger charge is -2.04. The Hall–Kier alpha value is 0.310. The molecule has 10 heavy (non-hydrogen) atoms. The van der Waals surface area contributed by atoms with Crippen LogP contribution < -0.4 is 0 Å². The van der Waals surface area contributed by atoms with Gasteiger partial charge in [0, 0.05) is 7.11 Å². The van der Waals surface area contributed by atoms with Crippen molar-refractivity contribution in [3.8, 4) is 0 Å². The highest BCUT2D eigenvalue weighted by Gasteiger charge is 2.19. The van der Waals surface area contributed by atoms with E-state index in [1.54, 1.807) is 6.26 Å². The van der Waals surface area contributed by atoms with Crippen LogP contribution >= 0.6 is 12.6 Å². The maximum atomic E-state index is 5.18. The van der Waals surface area contributed by atoms with Crippen LogP contribution in [-0.4, -0.2) is 19.5 Å². The summed E-state index contributed by atoms with van der Waals surface area (Å²) in [5.74, 6) is 0.903. The fourth-order valence-corrected chi connectivity index (χ4v) is 1.37. The van der Waals surface area contributed by atoms with Gasteiger partial charge in [0.2, 0.25) is 0 Å². The van der Waals surface area contributed by atoms with Crippen LogP contribution in [0.25, 0.3) is 0 Å². The van der Waals surface area contributed by atoms with Crippen molar-refractivity contribution in [2.24, 2.45) is 5.92 Å². The minimum Gasteiger partial charge on any atom is -0.381 e. The minimum atomic E-state index is 0.574. The zero-order valence-corrected chi connectivity index (χ0v) is 8.03. The summed E-state index contributed by atoms with van der Waals surface area (Å²) in [5.41, 5.74) is 0. The molecular weight excluding hydrogens is 144 g/mol. The Balaban J connectivity index is 0.000000371. The van der Waals surface area contributed by atoms with E-state index in [0.717, 1.165) is 5.92 Å². The van der Waals surface area contributed by atoms with Gasteiger partial charge in [-0.1, -0.05) is 6.92 Å². The highest BCUT2D eigenvalue weighted by Crippen LogP contribution is 2.26. The standard InChI is InChI=1S/C7H14O.CH4S/c1-6-3-4-7(5-6)8-2;1-2/h6-7H,3-5H2,1-2H3;2H,1H3. The lowest BCUT2D eigenvalue weighted by molar-refractivity contribution is 0.106. The zero-order chi connectivity index (χ0) is 7.98. The second-order valence-corrected chi connectivity index (χ2v) is 2.78. The third kappa shape index (κ3) is 3.47. The van der Waals surface area contributed by atoms with E-state index in [1.807, 2.05) is 7.11 Å². The molecular formula is C8H18OS. The molecule has 2 heteroatoms. The van der Waals surface area contributed by atoms with Crippen molar-refractivity contribution in [3.05, 3.63) is 0 Å². The molecule has 0 aliphatic heterocycles. The van der Waals surface area contributed by atoms with Crippen LogP contribution in [0.4, 0.5) is 0 Å². The Morgan fingerprint density at radius 2 is 1.90 bits per heavy atom. The van der Waals surface area contributed by atoms with Crippen molar-refractivity contribution >= 4 is 12.6 Å². The molecule has 62 valence electrons. The fourth-order valence-electron chi connectivity index (χ4n) is 1.37. The van der Waals surface area contributed by atoms with E-state index in [4.69, 9.17) is 4.74 Å². The van der Waals surface area contributed by atoms with Gasteiger partial charge in [-0.05, 0) is 31.4 Å². The third-order valence-corrected chi connectivity index (χ3v) is 1.98. The van der Waals surface area contributed by atoms with Crippen LogP contribution in [0.15, 0.2) is 0 Å². The van der Waals surface area contributed by atoms with Crippen molar-refractivity contribution < 1.29 is 4.74 Å². The molecule has 0 spiro atoms. The van der Waals surface area contributed by atoms with Gasteiger partial charge in [0.05, 0.1) is 6.10 Å². The topological polar surface area (TPSA) is 9.23 Å². The zero-order valence-electron chi connectivity index (χ0n) is 7.13. The van der Waals surface area contributed by atoms with Gasteiger partial charge in [-0.15, -0.1) is 0 Å². The van der Waals surface area contributed by atoms with E-state index in [2.05, 4.69) is 19.6 Å². The molecule has 0 bridgehead atoms. The van der Waals surface area contributed by atoms with E-state index in [-0.39, 0.29) is 0 Å². The predicted octanol–water partition coefficient (Wildman–Crippen LogP) is 2.37. The van der Waals surface area contributed by atoms with Crippen LogP contribution in [0.2, 0.25) is 0 Å². The molecule has 0 N–H and O–H groups in total. The van der Waals surface area contributed by atoms with Gasteiger partial charge < -0.3 is 4.74 Å². The van der Waals surface area contributed by atoms with Gasteiger partial charge in [-0.3, -0.25) is 0 Å². The van der Waals surface area contributed by atoms with Gasteiger partial charge in [-0.2, -0.15) is 12.6 Å². The van der Waals surface area contributed by atoms with Crippen molar-refractivity contribution in [3.63, 3.8) is 0 Å². The Kier molecular flexibility index (Phi) is 6.24. The Bertz CT molecular complexity index is 75.7. The van der Waals surface area contributed by atoms with Gasteiger partial charge in [0.25, 0.3) is 0 Å². The molecule has 0 aromatic rings. The van der Waals surface area contributed by atoms with Crippen molar-refractivity contribution in [2.45, 2.75) is 32.3 Å². The maximum absolute atomic E-state index is 5.18. The first-order valence-corrected chi connectivity index (χ1v) is 4.70.